The van der Waals surface area contributed by atoms with Gasteiger partial charge < -0.3 is 40.4 Å². The molecule has 0 bridgehead atoms. The highest BCUT2D eigenvalue weighted by Crippen LogP contribution is 2.47. The molecule has 4 N–H and O–H groups in total. The smallest absolute Gasteiger partial charge is 0.264 e. The van der Waals surface area contributed by atoms with Crippen LogP contribution in [0.2, 0.25) is 0 Å². The molecule has 12 heteroatoms. The maximum atomic E-state index is 14.3. The lowest BCUT2D eigenvalue weighted by Gasteiger charge is -2.30. The largest absolute Gasteiger partial charge is 0.394 e. The van der Waals surface area contributed by atoms with Gasteiger partial charge in [0.25, 0.3) is 5.91 Å². The van der Waals surface area contributed by atoms with Gasteiger partial charge in [-0.2, -0.15) is 0 Å². The Morgan fingerprint density at radius 1 is 1.00 bits per heavy atom. The summed E-state index contributed by atoms with van der Waals surface area (Å²) in [6, 6.07) is 12.7. The number of benzene rings is 2. The van der Waals surface area contributed by atoms with E-state index >= 15 is 0 Å². The molecule has 4 aliphatic rings. The van der Waals surface area contributed by atoms with Crippen LogP contribution in [0.3, 0.4) is 0 Å². The number of piperazine rings is 2. The van der Waals surface area contributed by atoms with Crippen LogP contribution in [0.15, 0.2) is 54.6 Å². The minimum Gasteiger partial charge on any atom is -0.394 e. The van der Waals surface area contributed by atoms with Crippen molar-refractivity contribution in [3.8, 4) is 0 Å². The fraction of sp³-hybridized carbons (Fsp3) is 0.471. The van der Waals surface area contributed by atoms with Crippen molar-refractivity contribution in [2.45, 2.75) is 44.4 Å². The average Bonchev–Trinajstić information content (AvgIpc) is 3.63. The number of rotatable bonds is 9. The van der Waals surface area contributed by atoms with Crippen molar-refractivity contribution in [1.82, 2.24) is 15.5 Å². The molecule has 3 fully saturated rings. The number of carbonyl (C=O) groups is 4. The van der Waals surface area contributed by atoms with Gasteiger partial charge in [0.05, 0.1) is 38.0 Å². The van der Waals surface area contributed by atoms with Crippen LogP contribution < -0.4 is 25.3 Å². The fourth-order valence-corrected chi connectivity index (χ4v) is 7.01. The third kappa shape index (κ3) is 5.93. The minimum atomic E-state index is -1.95. The zero-order valence-corrected chi connectivity index (χ0v) is 26.2. The zero-order valence-electron chi connectivity index (χ0n) is 26.2. The van der Waals surface area contributed by atoms with Crippen LogP contribution in [0.4, 0.5) is 17.1 Å². The SMILES string of the molecule is C[C@@H](/C=C/CC(=O)N1CCC[C@H]1CO)[C@]1(O)C(=O)N(Cc2cccc(N3CCNCC3=O)c2)c2ccc(N3CCNCC3=O)cc21. The van der Waals surface area contributed by atoms with Crippen LogP contribution in [0, 0.1) is 5.92 Å². The van der Waals surface area contributed by atoms with Crippen molar-refractivity contribution >= 4 is 40.7 Å². The van der Waals surface area contributed by atoms with E-state index in [4.69, 9.17) is 0 Å². The number of hydrogen-bond donors (Lipinski definition) is 4. The van der Waals surface area contributed by atoms with Crippen LogP contribution in [0.1, 0.15) is 37.3 Å². The van der Waals surface area contributed by atoms with Crippen molar-refractivity contribution in [3.63, 3.8) is 0 Å². The lowest BCUT2D eigenvalue weighted by Crippen LogP contribution is -2.48. The average molecular weight is 631 g/mol. The molecule has 0 aromatic heterocycles. The first kappa shape index (κ1) is 31.9. The van der Waals surface area contributed by atoms with Gasteiger partial charge in [-0.05, 0) is 48.7 Å². The number of aliphatic hydroxyl groups excluding tert-OH is 1. The molecule has 2 aromatic rings. The Balaban J connectivity index is 1.29. The molecule has 0 saturated carbocycles. The monoisotopic (exact) mass is 630 g/mol. The highest BCUT2D eigenvalue weighted by atomic mass is 16.3. The molecule has 4 heterocycles. The highest BCUT2D eigenvalue weighted by molar-refractivity contribution is 6.08. The number of hydrogen-bond acceptors (Lipinski definition) is 8. The van der Waals surface area contributed by atoms with Crippen LogP contribution in [0.25, 0.3) is 0 Å². The van der Waals surface area contributed by atoms with Crippen molar-refractivity contribution in [2.75, 3.05) is 67.1 Å². The molecule has 244 valence electrons. The molecule has 0 radical (unpaired) electrons. The molecule has 6 rings (SSSR count). The van der Waals surface area contributed by atoms with Crippen LogP contribution in [0.5, 0.6) is 0 Å². The van der Waals surface area contributed by atoms with Gasteiger partial charge >= 0.3 is 0 Å². The first-order valence-electron chi connectivity index (χ1n) is 16.1. The number of aliphatic hydroxyl groups is 2. The standard InChI is InChI=1S/C34H42N6O6/c1-23(5-2-9-30(42)37-14-4-8-27(37)22-41)34(46)28-18-26(39-16-13-36-20-32(39)44)10-11-29(28)40(33(34)45)21-24-6-3-7-25(17-24)38-15-12-35-19-31(38)43/h2-3,5-7,10-11,17-18,23,27,35-36,41,46H,4,8-9,12-16,19-22H2,1H3/b5-2+/t23-,27-,34+/m0/s1. The second kappa shape index (κ2) is 13.3. The topological polar surface area (TPSA) is 146 Å². The van der Waals surface area contributed by atoms with Gasteiger partial charge in [-0.15, -0.1) is 0 Å². The first-order chi connectivity index (χ1) is 22.2. The molecule has 4 amide bonds. The van der Waals surface area contributed by atoms with E-state index in [2.05, 4.69) is 10.6 Å². The third-order valence-electron chi connectivity index (χ3n) is 9.59. The quantitative estimate of drug-likeness (QED) is 0.299. The van der Waals surface area contributed by atoms with E-state index in [0.717, 1.165) is 24.1 Å². The third-order valence-corrected chi connectivity index (χ3v) is 9.59. The van der Waals surface area contributed by atoms with E-state index in [1.54, 1.807) is 56.9 Å². The Morgan fingerprint density at radius 2 is 1.70 bits per heavy atom. The summed E-state index contributed by atoms with van der Waals surface area (Å²) < 4.78 is 0. The summed E-state index contributed by atoms with van der Waals surface area (Å²) in [6.45, 7) is 5.26. The van der Waals surface area contributed by atoms with Crippen molar-refractivity contribution in [2.24, 2.45) is 5.92 Å². The summed E-state index contributed by atoms with van der Waals surface area (Å²) >= 11 is 0. The lowest BCUT2D eigenvalue weighted by molar-refractivity contribution is -0.139. The van der Waals surface area contributed by atoms with Gasteiger partial charge in [-0.1, -0.05) is 31.2 Å². The van der Waals surface area contributed by atoms with Crippen LogP contribution in [-0.2, 0) is 31.3 Å². The first-order valence-corrected chi connectivity index (χ1v) is 16.1. The maximum Gasteiger partial charge on any atom is 0.264 e. The molecule has 0 spiro atoms. The molecule has 0 aliphatic carbocycles. The number of likely N-dealkylation sites (tertiary alicyclic amines) is 1. The Kier molecular flexibility index (Phi) is 9.23. The number of nitrogens with zero attached hydrogens (tertiary/aromatic N) is 4. The van der Waals surface area contributed by atoms with Crippen molar-refractivity contribution < 1.29 is 29.4 Å². The second-order valence-electron chi connectivity index (χ2n) is 12.5. The van der Waals surface area contributed by atoms with E-state index in [0.29, 0.717) is 49.7 Å². The Bertz CT molecular complexity index is 1550. The molecule has 3 saturated heterocycles. The van der Waals surface area contributed by atoms with Crippen molar-refractivity contribution in [3.05, 3.63) is 65.7 Å². The van der Waals surface area contributed by atoms with Gasteiger partial charge in [0.1, 0.15) is 0 Å². The molecule has 46 heavy (non-hydrogen) atoms. The number of nitrogens with one attached hydrogen (secondary N) is 2. The van der Waals surface area contributed by atoms with Gasteiger partial charge in [-0.3, -0.25) is 19.2 Å². The Hall–Kier alpha value is -4.10. The predicted octanol–water partition coefficient (Wildman–Crippen LogP) is 0.859. The van der Waals surface area contributed by atoms with E-state index in [1.807, 2.05) is 24.3 Å². The van der Waals surface area contributed by atoms with Gasteiger partial charge in [0.15, 0.2) is 5.60 Å². The number of fused-ring (bicyclic) bond motifs is 1. The van der Waals surface area contributed by atoms with E-state index < -0.39 is 17.4 Å². The summed E-state index contributed by atoms with van der Waals surface area (Å²) in [7, 11) is 0. The van der Waals surface area contributed by atoms with E-state index in [9.17, 15) is 29.4 Å². The second-order valence-corrected chi connectivity index (χ2v) is 12.5. The Labute approximate surface area is 268 Å². The molecule has 0 unspecified atom stereocenters. The fourth-order valence-electron chi connectivity index (χ4n) is 7.01. The number of anilines is 3. The predicted molar refractivity (Wildman–Crippen MR) is 173 cm³/mol. The molecule has 12 nitrogen and oxygen atoms in total. The van der Waals surface area contributed by atoms with E-state index in [1.165, 1.54) is 0 Å². The summed E-state index contributed by atoms with van der Waals surface area (Å²) in [5.74, 6) is -1.43. The summed E-state index contributed by atoms with van der Waals surface area (Å²) in [6.07, 6.45) is 5.10. The number of carbonyl (C=O) groups excluding carboxylic acids is 4. The summed E-state index contributed by atoms with van der Waals surface area (Å²) in [5, 5.41) is 28.1. The number of amides is 4. The van der Waals surface area contributed by atoms with Crippen LogP contribution in [-0.4, -0.2) is 97.2 Å². The molecular weight excluding hydrogens is 588 g/mol. The molecular formula is C34H42N6O6. The zero-order chi connectivity index (χ0) is 32.4. The highest BCUT2D eigenvalue weighted by Gasteiger charge is 2.53. The molecule has 2 aromatic carbocycles. The normalized spacial score (nSPS) is 24.3. The summed E-state index contributed by atoms with van der Waals surface area (Å²) in [4.78, 5) is 59.1. The van der Waals surface area contributed by atoms with Gasteiger partial charge in [0.2, 0.25) is 17.7 Å². The molecule has 4 aliphatic heterocycles. The maximum absolute atomic E-state index is 14.3. The van der Waals surface area contributed by atoms with Gasteiger partial charge in [-0.25, -0.2) is 0 Å². The molecule has 3 atom stereocenters. The summed E-state index contributed by atoms with van der Waals surface area (Å²) in [5.41, 5.74) is 1.15. The lowest BCUT2D eigenvalue weighted by atomic mass is 9.82. The van der Waals surface area contributed by atoms with E-state index in [-0.39, 0.29) is 56.4 Å². The van der Waals surface area contributed by atoms with Gasteiger partial charge in [0, 0.05) is 62.0 Å². The minimum absolute atomic E-state index is 0.0222. The Morgan fingerprint density at radius 3 is 2.37 bits per heavy atom. The van der Waals surface area contributed by atoms with Crippen LogP contribution >= 0.6 is 0 Å². The van der Waals surface area contributed by atoms with Crippen molar-refractivity contribution in [1.29, 1.82) is 0 Å².